The fraction of sp³-hybridized carbons (Fsp3) is 1.00. The standard InChI is InChI=1S/C16H30N2/c1-3-8-17-13-10-14-6-5-7-15(11-13)18(14)16-9-12(16)4-2/h12-17H,3-11H2,1-2H3. The second-order valence-corrected chi connectivity index (χ2v) is 6.78. The molecule has 104 valence electrons. The number of nitrogens with one attached hydrogen (secondary N) is 1. The molecule has 2 aliphatic heterocycles. The summed E-state index contributed by atoms with van der Waals surface area (Å²) in [6, 6.07) is 3.61. The van der Waals surface area contributed by atoms with Gasteiger partial charge in [-0.1, -0.05) is 26.7 Å². The maximum Gasteiger partial charge on any atom is 0.0133 e. The SMILES string of the molecule is CCCNC1CC2CCCC(C1)N2C1CC1CC. The van der Waals surface area contributed by atoms with Crippen molar-refractivity contribution in [1.29, 1.82) is 0 Å². The van der Waals surface area contributed by atoms with Gasteiger partial charge in [-0.2, -0.15) is 0 Å². The Bertz CT molecular complexity index is 264. The lowest BCUT2D eigenvalue weighted by molar-refractivity contribution is 0.0133. The van der Waals surface area contributed by atoms with Crippen molar-refractivity contribution in [3.05, 3.63) is 0 Å². The highest BCUT2D eigenvalue weighted by atomic mass is 15.3. The van der Waals surface area contributed by atoms with E-state index in [2.05, 4.69) is 24.1 Å². The minimum absolute atomic E-state index is 0.815. The summed E-state index contributed by atoms with van der Waals surface area (Å²) < 4.78 is 0. The van der Waals surface area contributed by atoms with Crippen LogP contribution in [0.15, 0.2) is 0 Å². The van der Waals surface area contributed by atoms with Gasteiger partial charge in [0.25, 0.3) is 0 Å². The van der Waals surface area contributed by atoms with Crippen molar-refractivity contribution < 1.29 is 0 Å². The molecule has 1 N–H and O–H groups in total. The molecule has 1 aliphatic carbocycles. The van der Waals surface area contributed by atoms with Gasteiger partial charge in [0.2, 0.25) is 0 Å². The largest absolute Gasteiger partial charge is 0.314 e. The Hall–Kier alpha value is -0.0800. The first-order valence-electron chi connectivity index (χ1n) is 8.34. The molecule has 2 heteroatoms. The third kappa shape index (κ3) is 2.46. The second-order valence-electron chi connectivity index (χ2n) is 6.78. The summed E-state index contributed by atoms with van der Waals surface area (Å²) in [6.45, 7) is 5.86. The van der Waals surface area contributed by atoms with Crippen molar-refractivity contribution in [2.45, 2.75) is 89.4 Å². The van der Waals surface area contributed by atoms with Gasteiger partial charge >= 0.3 is 0 Å². The molecule has 2 heterocycles. The molecule has 0 aromatic rings. The van der Waals surface area contributed by atoms with Crippen LogP contribution in [0, 0.1) is 5.92 Å². The summed E-state index contributed by atoms with van der Waals surface area (Å²) in [5.74, 6) is 1.04. The first-order valence-corrected chi connectivity index (χ1v) is 8.34. The summed E-state index contributed by atoms with van der Waals surface area (Å²) in [5.41, 5.74) is 0. The van der Waals surface area contributed by atoms with Crippen molar-refractivity contribution >= 4 is 0 Å². The van der Waals surface area contributed by atoms with Gasteiger partial charge in [-0.05, 0) is 51.0 Å². The van der Waals surface area contributed by atoms with Gasteiger partial charge in [0, 0.05) is 24.2 Å². The zero-order chi connectivity index (χ0) is 12.5. The van der Waals surface area contributed by atoms with Crippen molar-refractivity contribution in [2.24, 2.45) is 5.92 Å². The van der Waals surface area contributed by atoms with Gasteiger partial charge in [0.05, 0.1) is 0 Å². The maximum atomic E-state index is 3.78. The molecule has 4 unspecified atom stereocenters. The summed E-state index contributed by atoms with van der Waals surface area (Å²) in [7, 11) is 0. The predicted octanol–water partition coefficient (Wildman–Crippen LogP) is 3.17. The Balaban J connectivity index is 1.61. The van der Waals surface area contributed by atoms with Crippen LogP contribution in [0.3, 0.4) is 0 Å². The molecule has 3 fully saturated rings. The smallest absolute Gasteiger partial charge is 0.0133 e. The lowest BCUT2D eigenvalue weighted by Crippen LogP contribution is -2.57. The van der Waals surface area contributed by atoms with Crippen LogP contribution < -0.4 is 5.32 Å². The van der Waals surface area contributed by atoms with Crippen LogP contribution >= 0.6 is 0 Å². The Morgan fingerprint density at radius 2 is 1.78 bits per heavy atom. The number of piperidine rings is 2. The zero-order valence-electron chi connectivity index (χ0n) is 12.2. The molecular formula is C16H30N2. The third-order valence-electron chi connectivity index (χ3n) is 5.51. The van der Waals surface area contributed by atoms with Crippen LogP contribution in [-0.2, 0) is 0 Å². The highest BCUT2D eigenvalue weighted by Gasteiger charge is 2.49. The van der Waals surface area contributed by atoms with E-state index in [0.717, 1.165) is 30.1 Å². The van der Waals surface area contributed by atoms with Gasteiger partial charge < -0.3 is 5.32 Å². The highest BCUT2D eigenvalue weighted by molar-refractivity contribution is 5.04. The van der Waals surface area contributed by atoms with E-state index in [1.165, 1.54) is 57.9 Å². The quantitative estimate of drug-likeness (QED) is 0.806. The van der Waals surface area contributed by atoms with E-state index < -0.39 is 0 Å². The van der Waals surface area contributed by atoms with Crippen molar-refractivity contribution in [1.82, 2.24) is 10.2 Å². The Morgan fingerprint density at radius 1 is 1.06 bits per heavy atom. The molecule has 2 bridgehead atoms. The minimum atomic E-state index is 0.815. The minimum Gasteiger partial charge on any atom is -0.314 e. The number of nitrogens with zero attached hydrogens (tertiary/aromatic N) is 1. The first kappa shape index (κ1) is 12.9. The molecule has 1 saturated carbocycles. The number of hydrogen-bond donors (Lipinski definition) is 1. The molecule has 0 spiro atoms. The molecular weight excluding hydrogens is 220 g/mol. The summed E-state index contributed by atoms with van der Waals surface area (Å²) in [5, 5.41) is 3.78. The Labute approximate surface area is 113 Å². The van der Waals surface area contributed by atoms with E-state index in [-0.39, 0.29) is 0 Å². The van der Waals surface area contributed by atoms with Gasteiger partial charge in [0.1, 0.15) is 0 Å². The van der Waals surface area contributed by atoms with Gasteiger partial charge in [-0.25, -0.2) is 0 Å². The van der Waals surface area contributed by atoms with E-state index in [4.69, 9.17) is 0 Å². The van der Waals surface area contributed by atoms with Gasteiger partial charge in [-0.15, -0.1) is 0 Å². The molecule has 0 radical (unpaired) electrons. The van der Waals surface area contributed by atoms with Gasteiger partial charge in [0.15, 0.2) is 0 Å². The average molecular weight is 250 g/mol. The molecule has 0 aromatic heterocycles. The fourth-order valence-electron chi connectivity index (χ4n) is 4.51. The molecule has 2 nitrogen and oxygen atoms in total. The van der Waals surface area contributed by atoms with Crippen LogP contribution in [0.1, 0.15) is 65.2 Å². The van der Waals surface area contributed by atoms with Gasteiger partial charge in [-0.3, -0.25) is 4.90 Å². The van der Waals surface area contributed by atoms with Crippen LogP contribution in [0.4, 0.5) is 0 Å². The van der Waals surface area contributed by atoms with E-state index >= 15 is 0 Å². The van der Waals surface area contributed by atoms with E-state index in [9.17, 15) is 0 Å². The third-order valence-corrected chi connectivity index (χ3v) is 5.51. The molecule has 2 saturated heterocycles. The summed E-state index contributed by atoms with van der Waals surface area (Å²) in [6.07, 6.45) is 11.4. The summed E-state index contributed by atoms with van der Waals surface area (Å²) >= 11 is 0. The number of fused-ring (bicyclic) bond motifs is 2. The van der Waals surface area contributed by atoms with Crippen LogP contribution in [0.5, 0.6) is 0 Å². The van der Waals surface area contributed by atoms with Crippen LogP contribution in [0.2, 0.25) is 0 Å². The normalized spacial score (nSPS) is 44.0. The van der Waals surface area contributed by atoms with E-state index in [0.29, 0.717) is 0 Å². The maximum absolute atomic E-state index is 3.78. The van der Waals surface area contributed by atoms with E-state index in [1.54, 1.807) is 0 Å². The summed E-state index contributed by atoms with van der Waals surface area (Å²) in [4.78, 5) is 2.96. The molecule has 3 aliphatic rings. The monoisotopic (exact) mass is 250 g/mol. The van der Waals surface area contributed by atoms with Crippen LogP contribution in [-0.4, -0.2) is 35.6 Å². The lowest BCUT2D eigenvalue weighted by Gasteiger charge is -2.49. The Kier molecular flexibility index (Phi) is 3.95. The zero-order valence-corrected chi connectivity index (χ0v) is 12.2. The topological polar surface area (TPSA) is 15.3 Å². The first-order chi connectivity index (χ1) is 8.83. The molecule has 0 aromatic carbocycles. The van der Waals surface area contributed by atoms with Crippen molar-refractivity contribution in [2.75, 3.05) is 6.54 Å². The Morgan fingerprint density at radius 3 is 2.33 bits per heavy atom. The van der Waals surface area contributed by atoms with E-state index in [1.807, 2.05) is 0 Å². The fourth-order valence-corrected chi connectivity index (χ4v) is 4.51. The molecule has 4 atom stereocenters. The second kappa shape index (κ2) is 5.50. The van der Waals surface area contributed by atoms with Crippen molar-refractivity contribution in [3.63, 3.8) is 0 Å². The average Bonchev–Trinajstić information content (AvgIpc) is 3.14. The van der Waals surface area contributed by atoms with Crippen LogP contribution in [0.25, 0.3) is 0 Å². The molecule has 18 heavy (non-hydrogen) atoms. The predicted molar refractivity (Wildman–Crippen MR) is 76.8 cm³/mol. The molecule has 0 amide bonds. The highest BCUT2D eigenvalue weighted by Crippen LogP contribution is 2.46. The molecule has 3 rings (SSSR count). The number of hydrogen-bond acceptors (Lipinski definition) is 2. The lowest BCUT2D eigenvalue weighted by atomic mass is 9.81. The number of rotatable bonds is 5. The van der Waals surface area contributed by atoms with Crippen molar-refractivity contribution in [3.8, 4) is 0 Å².